The van der Waals surface area contributed by atoms with Crippen LogP contribution in [0.1, 0.15) is 11.5 Å². The predicted molar refractivity (Wildman–Crippen MR) is 64.2 cm³/mol. The molecule has 2 unspecified atom stereocenters. The Bertz CT molecular complexity index is 417. The highest BCUT2D eigenvalue weighted by Gasteiger charge is 2.24. The van der Waals surface area contributed by atoms with Crippen LogP contribution in [-0.2, 0) is 4.74 Å². The van der Waals surface area contributed by atoms with Crippen molar-refractivity contribution in [3.63, 3.8) is 0 Å². The Kier molecular flexibility index (Phi) is 5.23. The number of methoxy groups -OCH3 is 2. The molecule has 5 heteroatoms. The topological polar surface area (TPSA) is 62.5 Å². The van der Waals surface area contributed by atoms with Gasteiger partial charge in [-0.15, -0.1) is 0 Å². The molecular weight excluding hydrogens is 242 g/mol. The summed E-state index contributed by atoms with van der Waals surface area (Å²) < 4.78 is 9.99. The van der Waals surface area contributed by atoms with Crippen molar-refractivity contribution in [1.29, 1.82) is 5.26 Å². The lowest BCUT2D eigenvalue weighted by atomic mass is 9.94. The monoisotopic (exact) mass is 255 g/mol. The van der Waals surface area contributed by atoms with Gasteiger partial charge in [0.25, 0.3) is 0 Å². The molecule has 1 aromatic carbocycles. The van der Waals surface area contributed by atoms with E-state index in [1.165, 1.54) is 14.2 Å². The summed E-state index contributed by atoms with van der Waals surface area (Å²) in [6.07, 6.45) is -0.919. The highest BCUT2D eigenvalue weighted by atomic mass is 35.5. The lowest BCUT2D eigenvalue weighted by Gasteiger charge is -2.18. The Hall–Kier alpha value is -1.28. The molecule has 0 radical (unpaired) electrons. The molecule has 1 rings (SSSR count). The van der Waals surface area contributed by atoms with Gasteiger partial charge in [-0.25, -0.2) is 0 Å². The zero-order valence-corrected chi connectivity index (χ0v) is 10.4. The van der Waals surface area contributed by atoms with Gasteiger partial charge in [0.2, 0.25) is 0 Å². The van der Waals surface area contributed by atoms with Crippen LogP contribution in [-0.4, -0.2) is 32.0 Å². The molecule has 4 nitrogen and oxygen atoms in total. The van der Waals surface area contributed by atoms with Crippen LogP contribution < -0.4 is 4.74 Å². The van der Waals surface area contributed by atoms with E-state index in [-0.39, 0.29) is 6.61 Å². The van der Waals surface area contributed by atoms with Crippen LogP contribution in [0.5, 0.6) is 5.75 Å². The minimum absolute atomic E-state index is 0.0773. The standard InChI is InChI=1S/C12H14ClNO3/c1-16-7-11(15)10(6-14)9-5-8(13)3-4-12(9)17-2/h3-5,10-11,15H,7H2,1-2H3. The van der Waals surface area contributed by atoms with Crippen molar-refractivity contribution < 1.29 is 14.6 Å². The molecule has 17 heavy (non-hydrogen) atoms. The first kappa shape index (κ1) is 13.8. The van der Waals surface area contributed by atoms with Crippen LogP contribution in [0, 0.1) is 11.3 Å². The van der Waals surface area contributed by atoms with Crippen molar-refractivity contribution in [2.75, 3.05) is 20.8 Å². The van der Waals surface area contributed by atoms with Crippen LogP contribution in [0.4, 0.5) is 0 Å². The maximum atomic E-state index is 9.83. The number of aliphatic hydroxyl groups is 1. The third-order valence-electron chi connectivity index (χ3n) is 2.39. The summed E-state index contributed by atoms with van der Waals surface area (Å²) in [5.41, 5.74) is 0.562. The van der Waals surface area contributed by atoms with Crippen molar-refractivity contribution >= 4 is 11.6 Å². The second-order valence-corrected chi connectivity index (χ2v) is 3.95. The van der Waals surface area contributed by atoms with Gasteiger partial charge in [-0.05, 0) is 18.2 Å². The molecule has 92 valence electrons. The second-order valence-electron chi connectivity index (χ2n) is 3.52. The average Bonchev–Trinajstić information content (AvgIpc) is 2.31. The molecule has 0 bridgehead atoms. The third-order valence-corrected chi connectivity index (χ3v) is 2.62. The molecule has 0 saturated heterocycles. The first-order chi connectivity index (χ1) is 8.13. The van der Waals surface area contributed by atoms with Crippen molar-refractivity contribution in [3.8, 4) is 11.8 Å². The van der Waals surface area contributed by atoms with Gasteiger partial charge in [0.15, 0.2) is 0 Å². The Balaban J connectivity index is 3.10. The maximum absolute atomic E-state index is 9.83. The van der Waals surface area contributed by atoms with E-state index in [1.54, 1.807) is 18.2 Å². The number of nitriles is 1. The predicted octanol–water partition coefficient (Wildman–Crippen LogP) is 1.96. The van der Waals surface area contributed by atoms with Crippen LogP contribution in [0.15, 0.2) is 18.2 Å². The SMILES string of the molecule is COCC(O)C(C#N)c1cc(Cl)ccc1OC. The highest BCUT2D eigenvalue weighted by Crippen LogP contribution is 2.31. The zero-order valence-electron chi connectivity index (χ0n) is 9.68. The van der Waals surface area contributed by atoms with Crippen LogP contribution in [0.2, 0.25) is 5.02 Å². The number of hydrogen-bond acceptors (Lipinski definition) is 4. The van der Waals surface area contributed by atoms with E-state index >= 15 is 0 Å². The quantitative estimate of drug-likeness (QED) is 0.874. The number of nitrogens with zero attached hydrogens (tertiary/aromatic N) is 1. The van der Waals surface area contributed by atoms with E-state index in [0.717, 1.165) is 0 Å². The molecule has 0 aliphatic carbocycles. The normalized spacial score (nSPS) is 13.8. The van der Waals surface area contributed by atoms with Gasteiger partial charge in [0.1, 0.15) is 11.7 Å². The zero-order chi connectivity index (χ0) is 12.8. The maximum Gasteiger partial charge on any atom is 0.123 e. The molecule has 0 aromatic heterocycles. The summed E-state index contributed by atoms with van der Waals surface area (Å²) in [4.78, 5) is 0. The average molecular weight is 256 g/mol. The summed E-state index contributed by atoms with van der Waals surface area (Å²) >= 11 is 5.88. The molecule has 0 aliphatic rings. The van der Waals surface area contributed by atoms with Gasteiger partial charge in [0.05, 0.1) is 25.9 Å². The molecule has 0 amide bonds. The molecule has 1 N–H and O–H groups in total. The first-order valence-corrected chi connectivity index (χ1v) is 5.42. The third kappa shape index (κ3) is 3.34. The number of benzene rings is 1. The summed E-state index contributed by atoms with van der Waals surface area (Å²) in [6.45, 7) is 0.0773. The van der Waals surface area contributed by atoms with Crippen LogP contribution in [0.3, 0.4) is 0 Å². The summed E-state index contributed by atoms with van der Waals surface area (Å²) in [7, 11) is 2.97. The Morgan fingerprint density at radius 2 is 2.18 bits per heavy atom. The molecule has 1 aromatic rings. The molecule has 0 spiro atoms. The fourth-order valence-electron chi connectivity index (χ4n) is 1.58. The van der Waals surface area contributed by atoms with Crippen LogP contribution in [0.25, 0.3) is 0 Å². The smallest absolute Gasteiger partial charge is 0.123 e. The van der Waals surface area contributed by atoms with Crippen molar-refractivity contribution in [2.24, 2.45) is 0 Å². The van der Waals surface area contributed by atoms with Crippen molar-refractivity contribution in [2.45, 2.75) is 12.0 Å². The van der Waals surface area contributed by atoms with E-state index in [1.807, 2.05) is 6.07 Å². The molecule has 0 saturated carbocycles. The number of halogens is 1. The number of ether oxygens (including phenoxy) is 2. The fraction of sp³-hybridized carbons (Fsp3) is 0.417. The minimum atomic E-state index is -0.919. The Morgan fingerprint density at radius 3 is 2.71 bits per heavy atom. The van der Waals surface area contributed by atoms with E-state index in [0.29, 0.717) is 16.3 Å². The number of hydrogen-bond donors (Lipinski definition) is 1. The molecule has 0 heterocycles. The van der Waals surface area contributed by atoms with Gasteiger partial charge in [0, 0.05) is 17.7 Å². The number of rotatable bonds is 5. The van der Waals surface area contributed by atoms with Gasteiger partial charge in [-0.2, -0.15) is 5.26 Å². The summed E-state index contributed by atoms with van der Waals surface area (Å²) in [6, 6.07) is 6.99. The lowest BCUT2D eigenvalue weighted by Crippen LogP contribution is -2.23. The number of aliphatic hydroxyl groups excluding tert-OH is 1. The molecule has 0 fully saturated rings. The van der Waals surface area contributed by atoms with Crippen molar-refractivity contribution in [3.05, 3.63) is 28.8 Å². The lowest BCUT2D eigenvalue weighted by molar-refractivity contribution is 0.0567. The summed E-state index contributed by atoms with van der Waals surface area (Å²) in [5.74, 6) is -0.209. The van der Waals surface area contributed by atoms with Gasteiger partial charge in [-0.3, -0.25) is 0 Å². The van der Waals surface area contributed by atoms with Gasteiger partial charge in [-0.1, -0.05) is 11.6 Å². The molecular formula is C12H14ClNO3. The van der Waals surface area contributed by atoms with Crippen LogP contribution >= 0.6 is 11.6 Å². The van der Waals surface area contributed by atoms with E-state index < -0.39 is 12.0 Å². The van der Waals surface area contributed by atoms with E-state index in [2.05, 4.69) is 0 Å². The second kappa shape index (κ2) is 6.45. The van der Waals surface area contributed by atoms with E-state index in [9.17, 15) is 5.11 Å². The van der Waals surface area contributed by atoms with Gasteiger partial charge < -0.3 is 14.6 Å². The van der Waals surface area contributed by atoms with Crippen molar-refractivity contribution in [1.82, 2.24) is 0 Å². The molecule has 0 aliphatic heterocycles. The first-order valence-electron chi connectivity index (χ1n) is 5.04. The highest BCUT2D eigenvalue weighted by molar-refractivity contribution is 6.30. The van der Waals surface area contributed by atoms with Gasteiger partial charge >= 0.3 is 0 Å². The van der Waals surface area contributed by atoms with E-state index in [4.69, 9.17) is 26.3 Å². The molecule has 2 atom stereocenters. The summed E-state index contributed by atoms with van der Waals surface area (Å²) in [5, 5.41) is 19.4. The Morgan fingerprint density at radius 1 is 1.47 bits per heavy atom. The fourth-order valence-corrected chi connectivity index (χ4v) is 1.76. The largest absolute Gasteiger partial charge is 0.496 e. The minimum Gasteiger partial charge on any atom is -0.496 e. The Labute approximate surface area is 105 Å².